The highest BCUT2D eigenvalue weighted by molar-refractivity contribution is 6.08. The van der Waals surface area contributed by atoms with Gasteiger partial charge in [-0.25, -0.2) is 4.79 Å². The third-order valence-corrected chi connectivity index (χ3v) is 4.79. The predicted molar refractivity (Wildman–Crippen MR) is 106 cm³/mol. The van der Waals surface area contributed by atoms with Gasteiger partial charge in [0.2, 0.25) is 0 Å². The molecule has 0 unspecified atom stereocenters. The SMILES string of the molecule is CCCCCCC(=O)c1cccc2oc(-c3ccc(C)cc3C(=O)O)cc12. The van der Waals surface area contributed by atoms with Crippen LogP contribution in [-0.4, -0.2) is 16.9 Å². The van der Waals surface area contributed by atoms with Gasteiger partial charge >= 0.3 is 5.97 Å². The van der Waals surface area contributed by atoms with E-state index in [-0.39, 0.29) is 11.3 Å². The predicted octanol–water partition coefficient (Wildman–Crippen LogP) is 6.26. The molecule has 2 aromatic carbocycles. The Morgan fingerprint density at radius 3 is 2.56 bits per heavy atom. The molecule has 4 heteroatoms. The molecule has 1 aromatic heterocycles. The lowest BCUT2D eigenvalue weighted by Gasteiger charge is -2.04. The summed E-state index contributed by atoms with van der Waals surface area (Å²) >= 11 is 0. The van der Waals surface area contributed by atoms with Crippen LogP contribution in [0.15, 0.2) is 46.9 Å². The highest BCUT2D eigenvalue weighted by Crippen LogP contribution is 2.33. The van der Waals surface area contributed by atoms with E-state index in [1.54, 1.807) is 24.3 Å². The first-order chi connectivity index (χ1) is 13.0. The van der Waals surface area contributed by atoms with Gasteiger partial charge in [-0.1, -0.05) is 56.0 Å². The average Bonchev–Trinajstić information content (AvgIpc) is 3.08. The highest BCUT2D eigenvalue weighted by Gasteiger charge is 2.18. The van der Waals surface area contributed by atoms with Crippen molar-refractivity contribution in [2.75, 3.05) is 0 Å². The molecule has 140 valence electrons. The maximum atomic E-state index is 12.7. The second-order valence-corrected chi connectivity index (χ2v) is 6.92. The zero-order valence-electron chi connectivity index (χ0n) is 15.7. The Kier molecular flexibility index (Phi) is 5.75. The van der Waals surface area contributed by atoms with Gasteiger partial charge in [0.05, 0.1) is 5.56 Å². The van der Waals surface area contributed by atoms with Gasteiger partial charge < -0.3 is 9.52 Å². The maximum Gasteiger partial charge on any atom is 0.336 e. The monoisotopic (exact) mass is 364 g/mol. The number of rotatable bonds is 8. The van der Waals surface area contributed by atoms with Crippen molar-refractivity contribution >= 4 is 22.7 Å². The number of benzene rings is 2. The van der Waals surface area contributed by atoms with Crippen LogP contribution in [0.5, 0.6) is 0 Å². The number of hydrogen-bond donors (Lipinski definition) is 1. The van der Waals surface area contributed by atoms with E-state index in [4.69, 9.17) is 4.42 Å². The van der Waals surface area contributed by atoms with Crippen LogP contribution in [-0.2, 0) is 0 Å². The summed E-state index contributed by atoms with van der Waals surface area (Å²) in [5, 5.41) is 10.3. The van der Waals surface area contributed by atoms with Gasteiger partial charge in [0.25, 0.3) is 0 Å². The molecule has 0 amide bonds. The molecule has 0 bridgehead atoms. The smallest absolute Gasteiger partial charge is 0.336 e. The molecule has 27 heavy (non-hydrogen) atoms. The first kappa shape index (κ1) is 18.9. The van der Waals surface area contributed by atoms with Crippen molar-refractivity contribution in [2.45, 2.75) is 46.0 Å². The Morgan fingerprint density at radius 2 is 1.81 bits per heavy atom. The zero-order valence-corrected chi connectivity index (χ0v) is 15.7. The minimum Gasteiger partial charge on any atom is -0.478 e. The summed E-state index contributed by atoms with van der Waals surface area (Å²) in [6, 6.07) is 12.5. The molecule has 0 aliphatic carbocycles. The number of carbonyl (C=O) groups is 2. The Balaban J connectivity index is 1.97. The lowest BCUT2D eigenvalue weighted by atomic mass is 9.99. The van der Waals surface area contributed by atoms with Gasteiger partial charge in [-0.3, -0.25) is 4.79 Å². The van der Waals surface area contributed by atoms with E-state index >= 15 is 0 Å². The molecule has 0 saturated heterocycles. The van der Waals surface area contributed by atoms with E-state index in [0.717, 1.165) is 36.6 Å². The van der Waals surface area contributed by atoms with Crippen molar-refractivity contribution < 1.29 is 19.1 Å². The number of furan rings is 1. The molecule has 1 heterocycles. The van der Waals surface area contributed by atoms with Gasteiger partial charge in [-0.2, -0.15) is 0 Å². The second-order valence-electron chi connectivity index (χ2n) is 6.92. The fourth-order valence-corrected chi connectivity index (χ4v) is 3.33. The Morgan fingerprint density at radius 1 is 1.00 bits per heavy atom. The zero-order chi connectivity index (χ0) is 19.4. The summed E-state index contributed by atoms with van der Waals surface area (Å²) in [4.78, 5) is 24.3. The molecular formula is C23H24O4. The summed E-state index contributed by atoms with van der Waals surface area (Å²) < 4.78 is 5.90. The molecule has 0 atom stereocenters. The summed E-state index contributed by atoms with van der Waals surface area (Å²) in [7, 11) is 0. The molecule has 0 fully saturated rings. The van der Waals surface area contributed by atoms with E-state index in [9.17, 15) is 14.7 Å². The third kappa shape index (κ3) is 4.11. The first-order valence-corrected chi connectivity index (χ1v) is 9.41. The first-order valence-electron chi connectivity index (χ1n) is 9.41. The number of hydrogen-bond acceptors (Lipinski definition) is 3. The Hall–Kier alpha value is -2.88. The highest BCUT2D eigenvalue weighted by atomic mass is 16.4. The molecule has 4 nitrogen and oxygen atoms in total. The lowest BCUT2D eigenvalue weighted by molar-refractivity contribution is 0.0697. The number of carbonyl (C=O) groups excluding carboxylic acids is 1. The van der Waals surface area contributed by atoms with Crippen LogP contribution in [0.2, 0.25) is 0 Å². The minimum atomic E-state index is -0.999. The van der Waals surface area contributed by atoms with Crippen LogP contribution in [0.3, 0.4) is 0 Å². The summed E-state index contributed by atoms with van der Waals surface area (Å²) in [6.07, 6.45) is 4.73. The van der Waals surface area contributed by atoms with Crippen LogP contribution in [0.4, 0.5) is 0 Å². The molecule has 3 rings (SSSR count). The largest absolute Gasteiger partial charge is 0.478 e. The van der Waals surface area contributed by atoms with E-state index in [0.29, 0.717) is 28.9 Å². The minimum absolute atomic E-state index is 0.103. The van der Waals surface area contributed by atoms with Crippen molar-refractivity contribution in [1.82, 2.24) is 0 Å². The number of aryl methyl sites for hydroxylation is 1. The van der Waals surface area contributed by atoms with Crippen LogP contribution in [0.25, 0.3) is 22.3 Å². The molecule has 1 N–H and O–H groups in total. The van der Waals surface area contributed by atoms with Crippen molar-refractivity contribution in [3.63, 3.8) is 0 Å². The number of carboxylic acid groups (broad SMARTS) is 1. The molecule has 0 aliphatic rings. The molecular weight excluding hydrogens is 340 g/mol. The lowest BCUT2D eigenvalue weighted by Crippen LogP contribution is -2.00. The standard InChI is InChI=1S/C23H24O4/c1-3-4-5-6-9-20(24)16-8-7-10-21-18(16)14-22(27-21)17-12-11-15(2)13-19(17)23(25)26/h7-8,10-14H,3-6,9H2,1-2H3,(H,25,26). The van der Waals surface area contributed by atoms with Crippen LogP contribution >= 0.6 is 0 Å². The maximum absolute atomic E-state index is 12.7. The Bertz CT molecular complexity index is 981. The van der Waals surface area contributed by atoms with E-state index < -0.39 is 5.97 Å². The normalized spacial score (nSPS) is 11.0. The summed E-state index contributed by atoms with van der Waals surface area (Å²) in [6.45, 7) is 4.00. The molecule has 0 spiro atoms. The quantitative estimate of drug-likeness (QED) is 0.378. The van der Waals surface area contributed by atoms with Gasteiger partial charge in [0.15, 0.2) is 5.78 Å². The second kappa shape index (κ2) is 8.21. The van der Waals surface area contributed by atoms with Crippen LogP contribution in [0.1, 0.15) is 65.3 Å². The van der Waals surface area contributed by atoms with Crippen LogP contribution < -0.4 is 0 Å². The van der Waals surface area contributed by atoms with Gasteiger partial charge in [0, 0.05) is 22.9 Å². The topological polar surface area (TPSA) is 67.5 Å². The fourth-order valence-electron chi connectivity index (χ4n) is 3.33. The van der Waals surface area contributed by atoms with Crippen molar-refractivity contribution in [2.24, 2.45) is 0 Å². The summed E-state index contributed by atoms with van der Waals surface area (Å²) in [5.41, 5.74) is 2.83. The van der Waals surface area contributed by atoms with Gasteiger partial charge in [-0.15, -0.1) is 0 Å². The number of Topliss-reactive ketones (excluding diaryl/α,β-unsaturated/α-hetero) is 1. The Labute approximate surface area is 158 Å². The van der Waals surface area contributed by atoms with Crippen molar-refractivity contribution in [1.29, 1.82) is 0 Å². The van der Waals surface area contributed by atoms with E-state index in [1.807, 2.05) is 25.1 Å². The van der Waals surface area contributed by atoms with E-state index in [2.05, 4.69) is 6.92 Å². The molecule has 0 radical (unpaired) electrons. The fraction of sp³-hybridized carbons (Fsp3) is 0.304. The number of ketones is 1. The molecule has 3 aromatic rings. The van der Waals surface area contributed by atoms with Gasteiger partial charge in [-0.05, 0) is 31.5 Å². The molecule has 0 aliphatic heterocycles. The average molecular weight is 364 g/mol. The summed E-state index contributed by atoms with van der Waals surface area (Å²) in [5.74, 6) is -0.429. The number of carboxylic acids is 1. The van der Waals surface area contributed by atoms with E-state index in [1.165, 1.54) is 0 Å². The number of unbranched alkanes of at least 4 members (excludes halogenated alkanes) is 3. The van der Waals surface area contributed by atoms with Gasteiger partial charge in [0.1, 0.15) is 11.3 Å². The number of fused-ring (bicyclic) bond motifs is 1. The van der Waals surface area contributed by atoms with Crippen molar-refractivity contribution in [3.05, 3.63) is 59.2 Å². The van der Waals surface area contributed by atoms with Crippen LogP contribution in [0, 0.1) is 6.92 Å². The number of aromatic carboxylic acids is 1. The third-order valence-electron chi connectivity index (χ3n) is 4.79. The van der Waals surface area contributed by atoms with Crippen molar-refractivity contribution in [3.8, 4) is 11.3 Å². The molecule has 0 saturated carbocycles.